The molecule has 1 aromatic carbocycles. The summed E-state index contributed by atoms with van der Waals surface area (Å²) in [5, 5.41) is 0. The maximum absolute atomic E-state index is 15.2. The van der Waals surface area contributed by atoms with E-state index in [-0.39, 0.29) is 18.5 Å². The largest absolute Gasteiger partial charge is 0.444 e. The highest BCUT2D eigenvalue weighted by Crippen LogP contribution is 2.34. The van der Waals surface area contributed by atoms with Crippen LogP contribution in [0.4, 0.5) is 9.18 Å². The molecule has 0 N–H and O–H groups in total. The average Bonchev–Trinajstić information content (AvgIpc) is 3.39. The van der Waals surface area contributed by atoms with Gasteiger partial charge >= 0.3 is 6.09 Å². The van der Waals surface area contributed by atoms with Gasteiger partial charge in [0.2, 0.25) is 0 Å². The van der Waals surface area contributed by atoms with Crippen LogP contribution in [-0.2, 0) is 4.74 Å². The Morgan fingerprint density at radius 3 is 2.45 bits per heavy atom. The Hall–Kier alpha value is -2.90. The fraction of sp³-hybridized carbons (Fsp3) is 0.522. The molecule has 0 spiro atoms. The average molecular weight is 429 g/mol. The van der Waals surface area contributed by atoms with Gasteiger partial charge in [0.25, 0.3) is 5.91 Å². The number of oxazole rings is 1. The Morgan fingerprint density at radius 2 is 1.90 bits per heavy atom. The minimum absolute atomic E-state index is 0.0535. The molecule has 4 rings (SSSR count). The van der Waals surface area contributed by atoms with Crippen LogP contribution in [0.2, 0.25) is 0 Å². The second-order valence-electron chi connectivity index (χ2n) is 9.19. The first-order valence-electron chi connectivity index (χ1n) is 10.7. The standard InChI is InChI=1S/C23H28FN3O4/c1-23(2,3)31-22(29)26-11-10-19(18(24)13-26)27(17-8-9-17)21(28)16-6-4-15(5-7-16)20-12-25-14-30-20/h4-7,12,14,17-19H,8-11,13H2,1-3H3/t18-,19+/m0/s1. The van der Waals surface area contributed by atoms with Gasteiger partial charge in [-0.2, -0.15) is 0 Å². The van der Waals surface area contributed by atoms with Gasteiger partial charge in [0, 0.05) is 23.7 Å². The maximum Gasteiger partial charge on any atom is 0.410 e. The summed E-state index contributed by atoms with van der Waals surface area (Å²) in [6, 6.07) is 6.58. The minimum Gasteiger partial charge on any atom is -0.444 e. The molecule has 2 heterocycles. The molecule has 8 heteroatoms. The van der Waals surface area contributed by atoms with E-state index in [4.69, 9.17) is 9.15 Å². The zero-order valence-electron chi connectivity index (χ0n) is 18.1. The van der Waals surface area contributed by atoms with E-state index < -0.39 is 23.9 Å². The van der Waals surface area contributed by atoms with Crippen molar-refractivity contribution in [1.29, 1.82) is 0 Å². The molecule has 0 unspecified atom stereocenters. The fourth-order valence-electron chi connectivity index (χ4n) is 3.92. The number of carbonyl (C=O) groups excluding carboxylic acids is 2. The first kappa shape index (κ1) is 21.3. The molecule has 166 valence electrons. The first-order valence-corrected chi connectivity index (χ1v) is 10.7. The molecule has 0 bridgehead atoms. The summed E-state index contributed by atoms with van der Waals surface area (Å²) >= 11 is 0. The van der Waals surface area contributed by atoms with Crippen molar-refractivity contribution in [3.8, 4) is 11.3 Å². The number of hydrogen-bond donors (Lipinski definition) is 0. The van der Waals surface area contributed by atoms with Crippen molar-refractivity contribution in [2.45, 2.75) is 63.9 Å². The highest BCUT2D eigenvalue weighted by Gasteiger charge is 2.44. The number of carbonyl (C=O) groups is 2. The molecule has 1 saturated heterocycles. The van der Waals surface area contributed by atoms with Gasteiger partial charge < -0.3 is 19.0 Å². The molecule has 7 nitrogen and oxygen atoms in total. The van der Waals surface area contributed by atoms with E-state index in [0.717, 1.165) is 18.4 Å². The molecule has 0 radical (unpaired) electrons. The van der Waals surface area contributed by atoms with E-state index >= 15 is 4.39 Å². The van der Waals surface area contributed by atoms with Crippen molar-refractivity contribution in [2.75, 3.05) is 13.1 Å². The summed E-state index contributed by atoms with van der Waals surface area (Å²) in [5.41, 5.74) is 0.700. The van der Waals surface area contributed by atoms with Crippen LogP contribution in [0.1, 0.15) is 50.4 Å². The summed E-state index contributed by atoms with van der Waals surface area (Å²) < 4.78 is 25.8. The van der Waals surface area contributed by atoms with Crippen molar-refractivity contribution < 1.29 is 23.1 Å². The smallest absolute Gasteiger partial charge is 0.410 e. The predicted octanol–water partition coefficient (Wildman–Crippen LogP) is 4.29. The summed E-state index contributed by atoms with van der Waals surface area (Å²) in [5.74, 6) is 0.446. The number of nitrogens with zero attached hydrogens (tertiary/aromatic N) is 3. The predicted molar refractivity (Wildman–Crippen MR) is 112 cm³/mol. The third-order valence-electron chi connectivity index (χ3n) is 5.54. The summed E-state index contributed by atoms with van der Waals surface area (Å²) in [6.07, 6.45) is 3.27. The normalized spacial score (nSPS) is 21.6. The van der Waals surface area contributed by atoms with Gasteiger partial charge in [-0.1, -0.05) is 12.1 Å². The third-order valence-corrected chi connectivity index (χ3v) is 5.54. The summed E-state index contributed by atoms with van der Waals surface area (Å²) in [4.78, 5) is 32.6. The van der Waals surface area contributed by atoms with Crippen molar-refractivity contribution >= 4 is 12.0 Å². The number of ether oxygens (including phenoxy) is 1. The number of aromatic nitrogens is 1. The highest BCUT2D eigenvalue weighted by atomic mass is 19.1. The number of alkyl halides is 1. The Morgan fingerprint density at radius 1 is 1.19 bits per heavy atom. The van der Waals surface area contributed by atoms with Gasteiger partial charge in [-0.15, -0.1) is 0 Å². The molecular formula is C23H28FN3O4. The second kappa shape index (κ2) is 8.32. The fourth-order valence-corrected chi connectivity index (χ4v) is 3.92. The van der Waals surface area contributed by atoms with Crippen LogP contribution in [0.5, 0.6) is 0 Å². The van der Waals surface area contributed by atoms with Gasteiger partial charge in [0.1, 0.15) is 11.8 Å². The van der Waals surface area contributed by atoms with Gasteiger partial charge in [-0.05, 0) is 52.2 Å². The van der Waals surface area contributed by atoms with Crippen LogP contribution < -0.4 is 0 Å². The van der Waals surface area contributed by atoms with Crippen LogP contribution in [0, 0.1) is 0 Å². The zero-order chi connectivity index (χ0) is 22.2. The van der Waals surface area contributed by atoms with Gasteiger partial charge in [0.15, 0.2) is 12.2 Å². The number of halogens is 1. The van der Waals surface area contributed by atoms with Crippen molar-refractivity contribution in [1.82, 2.24) is 14.8 Å². The van der Waals surface area contributed by atoms with Crippen molar-refractivity contribution in [3.05, 3.63) is 42.4 Å². The van der Waals surface area contributed by atoms with Crippen molar-refractivity contribution in [2.24, 2.45) is 0 Å². The monoisotopic (exact) mass is 429 g/mol. The van der Waals surface area contributed by atoms with E-state index in [9.17, 15) is 9.59 Å². The first-order chi connectivity index (χ1) is 14.7. The number of amides is 2. The highest BCUT2D eigenvalue weighted by molar-refractivity contribution is 5.95. The lowest BCUT2D eigenvalue weighted by atomic mass is 9.99. The van der Waals surface area contributed by atoms with Crippen LogP contribution in [0.15, 0.2) is 41.3 Å². The van der Waals surface area contributed by atoms with Crippen LogP contribution in [-0.4, -0.2) is 63.7 Å². The van der Waals surface area contributed by atoms with Gasteiger partial charge in [-0.25, -0.2) is 14.2 Å². The molecule has 2 aromatic rings. The third kappa shape index (κ3) is 4.89. The van der Waals surface area contributed by atoms with Crippen LogP contribution in [0.25, 0.3) is 11.3 Å². The van der Waals surface area contributed by atoms with Crippen molar-refractivity contribution in [3.63, 3.8) is 0 Å². The number of piperidine rings is 1. The zero-order valence-corrected chi connectivity index (χ0v) is 18.1. The Labute approximate surface area is 181 Å². The number of benzene rings is 1. The Bertz CT molecular complexity index is 919. The Kier molecular flexibility index (Phi) is 5.73. The molecule has 31 heavy (non-hydrogen) atoms. The molecule has 1 aliphatic heterocycles. The maximum atomic E-state index is 15.2. The number of hydrogen-bond acceptors (Lipinski definition) is 5. The van der Waals surface area contributed by atoms with E-state index in [1.807, 2.05) is 0 Å². The lowest BCUT2D eigenvalue weighted by Gasteiger charge is -2.41. The molecule has 2 fully saturated rings. The summed E-state index contributed by atoms with van der Waals surface area (Å²) in [7, 11) is 0. The summed E-state index contributed by atoms with van der Waals surface area (Å²) in [6.45, 7) is 5.64. The molecule has 1 aromatic heterocycles. The number of likely N-dealkylation sites (tertiary alicyclic amines) is 1. The lowest BCUT2D eigenvalue weighted by Crippen LogP contribution is -2.56. The topological polar surface area (TPSA) is 75.9 Å². The van der Waals surface area contributed by atoms with Gasteiger partial charge in [-0.3, -0.25) is 4.79 Å². The second-order valence-corrected chi connectivity index (χ2v) is 9.19. The van der Waals surface area contributed by atoms with E-state index in [1.165, 1.54) is 11.3 Å². The molecule has 2 aliphatic rings. The Balaban J connectivity index is 1.45. The quantitative estimate of drug-likeness (QED) is 0.725. The van der Waals surface area contributed by atoms with E-state index in [0.29, 0.717) is 24.3 Å². The molecule has 2 atom stereocenters. The van der Waals surface area contributed by atoms with Crippen LogP contribution in [0.3, 0.4) is 0 Å². The molecule has 2 amide bonds. The van der Waals surface area contributed by atoms with Crippen LogP contribution >= 0.6 is 0 Å². The van der Waals surface area contributed by atoms with E-state index in [2.05, 4.69) is 4.98 Å². The van der Waals surface area contributed by atoms with E-state index in [1.54, 1.807) is 56.1 Å². The molecular weight excluding hydrogens is 401 g/mol. The lowest BCUT2D eigenvalue weighted by molar-refractivity contribution is -0.00432. The minimum atomic E-state index is -1.32. The molecule has 1 saturated carbocycles. The number of rotatable bonds is 4. The SMILES string of the molecule is CC(C)(C)OC(=O)N1CC[C@@H](N(C(=O)c2ccc(-c3cnco3)cc2)C2CC2)[C@@H](F)C1. The van der Waals surface area contributed by atoms with Gasteiger partial charge in [0.05, 0.1) is 18.8 Å². The molecule has 1 aliphatic carbocycles.